The van der Waals surface area contributed by atoms with Gasteiger partial charge in [0.15, 0.2) is 5.13 Å². The van der Waals surface area contributed by atoms with Crippen molar-refractivity contribution in [3.05, 3.63) is 66.2 Å². The van der Waals surface area contributed by atoms with Gasteiger partial charge in [0.1, 0.15) is 0 Å². The van der Waals surface area contributed by atoms with Gasteiger partial charge < -0.3 is 0 Å². The van der Waals surface area contributed by atoms with Crippen LogP contribution in [0.3, 0.4) is 0 Å². The first kappa shape index (κ1) is 22.0. The lowest BCUT2D eigenvalue weighted by Gasteiger charge is -2.34. The molecular weight excluding hydrogens is 454 g/mol. The van der Waals surface area contributed by atoms with Crippen molar-refractivity contribution < 1.29 is 13.2 Å². The molecule has 8 heteroatoms. The Morgan fingerprint density at radius 3 is 2.67 bits per heavy atom. The third-order valence-electron chi connectivity index (χ3n) is 6.27. The van der Waals surface area contributed by atoms with E-state index >= 15 is 0 Å². The Hall–Kier alpha value is -2.81. The number of hydrogen-bond donors (Lipinski definition) is 1. The Labute approximate surface area is 197 Å². The van der Waals surface area contributed by atoms with Crippen LogP contribution >= 0.6 is 11.3 Å². The highest BCUT2D eigenvalue weighted by Gasteiger charge is 2.32. The van der Waals surface area contributed by atoms with E-state index in [0.29, 0.717) is 17.2 Å². The topological polar surface area (TPSA) is 79.4 Å². The molecule has 170 valence electrons. The number of fused-ring (bicyclic) bond motifs is 3. The third-order valence-corrected chi connectivity index (χ3v) is 9.17. The zero-order chi connectivity index (χ0) is 23.0. The maximum absolute atomic E-state index is 13.2. The Kier molecular flexibility index (Phi) is 5.90. The highest BCUT2D eigenvalue weighted by Crippen LogP contribution is 2.32. The SMILES string of the molecule is CCC1CCCCN1S(=O)(=O)c1ccc(C(=O)Nc2nc3c(ccc4ccccc43)s2)cc1. The van der Waals surface area contributed by atoms with Crippen LogP contribution in [0.1, 0.15) is 43.0 Å². The van der Waals surface area contributed by atoms with E-state index in [4.69, 9.17) is 0 Å². The molecule has 1 fully saturated rings. The van der Waals surface area contributed by atoms with Gasteiger partial charge >= 0.3 is 0 Å². The lowest BCUT2D eigenvalue weighted by Crippen LogP contribution is -2.43. The number of carbonyl (C=O) groups excluding carboxylic acids is 1. The average Bonchev–Trinajstić information content (AvgIpc) is 3.27. The summed E-state index contributed by atoms with van der Waals surface area (Å²) >= 11 is 1.42. The summed E-state index contributed by atoms with van der Waals surface area (Å²) in [7, 11) is -3.57. The Balaban J connectivity index is 1.36. The first-order chi connectivity index (χ1) is 16.0. The fourth-order valence-electron chi connectivity index (χ4n) is 4.50. The van der Waals surface area contributed by atoms with E-state index in [0.717, 1.165) is 46.7 Å². The predicted octanol–water partition coefficient (Wildman–Crippen LogP) is 5.66. The molecule has 1 amide bonds. The van der Waals surface area contributed by atoms with E-state index in [9.17, 15) is 13.2 Å². The predicted molar refractivity (Wildman–Crippen MR) is 133 cm³/mol. The van der Waals surface area contributed by atoms with E-state index < -0.39 is 10.0 Å². The van der Waals surface area contributed by atoms with Gasteiger partial charge in [-0.3, -0.25) is 10.1 Å². The molecular formula is C25H25N3O3S2. The second-order valence-electron chi connectivity index (χ2n) is 8.30. The van der Waals surface area contributed by atoms with E-state index in [1.807, 2.05) is 43.3 Å². The number of anilines is 1. The van der Waals surface area contributed by atoms with Crippen molar-refractivity contribution in [3.8, 4) is 0 Å². The van der Waals surface area contributed by atoms with Crippen LogP contribution in [0, 0.1) is 0 Å². The van der Waals surface area contributed by atoms with Gasteiger partial charge in [0.05, 0.1) is 15.1 Å². The highest BCUT2D eigenvalue weighted by molar-refractivity contribution is 7.89. The summed E-state index contributed by atoms with van der Waals surface area (Å²) in [6.07, 6.45) is 3.64. The van der Waals surface area contributed by atoms with Crippen molar-refractivity contribution in [2.75, 3.05) is 11.9 Å². The summed E-state index contributed by atoms with van der Waals surface area (Å²) in [5.74, 6) is -0.313. The molecule has 4 aromatic rings. The standard InChI is InChI=1S/C25H25N3O3S2/c1-2-19-8-5-6-16-28(19)33(30,31)20-13-10-18(11-14-20)24(29)27-25-26-23-21-9-4-3-7-17(21)12-15-22(23)32-25/h3-4,7,9-15,19H,2,5-6,8,16H2,1H3,(H,26,27,29). The first-order valence-corrected chi connectivity index (χ1v) is 13.4. The van der Waals surface area contributed by atoms with E-state index in [2.05, 4.69) is 10.3 Å². The summed E-state index contributed by atoms with van der Waals surface area (Å²) in [6, 6.07) is 18.3. The van der Waals surface area contributed by atoms with Crippen LogP contribution in [0.4, 0.5) is 5.13 Å². The number of aromatic nitrogens is 1. The summed E-state index contributed by atoms with van der Waals surface area (Å²) in [6.45, 7) is 2.58. The van der Waals surface area contributed by atoms with Gasteiger partial charge in [-0.2, -0.15) is 4.31 Å². The number of benzene rings is 3. The van der Waals surface area contributed by atoms with Crippen molar-refractivity contribution in [3.63, 3.8) is 0 Å². The number of sulfonamides is 1. The zero-order valence-corrected chi connectivity index (χ0v) is 20.0. The lowest BCUT2D eigenvalue weighted by atomic mass is 10.0. The quantitative estimate of drug-likeness (QED) is 0.401. The van der Waals surface area contributed by atoms with Crippen molar-refractivity contribution in [2.24, 2.45) is 0 Å². The van der Waals surface area contributed by atoms with Crippen molar-refractivity contribution >= 4 is 53.4 Å². The average molecular weight is 480 g/mol. The molecule has 2 heterocycles. The molecule has 1 saturated heterocycles. The van der Waals surface area contributed by atoms with Crippen LogP contribution in [0.15, 0.2) is 65.6 Å². The first-order valence-electron chi connectivity index (χ1n) is 11.2. The zero-order valence-electron chi connectivity index (χ0n) is 18.3. The molecule has 33 heavy (non-hydrogen) atoms. The Morgan fingerprint density at radius 2 is 1.88 bits per heavy atom. The molecule has 1 aliphatic rings. The second kappa shape index (κ2) is 8.85. The minimum atomic E-state index is -3.57. The normalized spacial score (nSPS) is 17.4. The van der Waals surface area contributed by atoms with Gasteiger partial charge in [0, 0.05) is 23.5 Å². The van der Waals surface area contributed by atoms with Gasteiger partial charge in [0.2, 0.25) is 10.0 Å². The monoisotopic (exact) mass is 479 g/mol. The largest absolute Gasteiger partial charge is 0.298 e. The van der Waals surface area contributed by atoms with Gasteiger partial charge in [-0.25, -0.2) is 13.4 Å². The van der Waals surface area contributed by atoms with E-state index in [-0.39, 0.29) is 16.8 Å². The number of carbonyl (C=O) groups is 1. The molecule has 1 N–H and O–H groups in total. The lowest BCUT2D eigenvalue weighted by molar-refractivity contribution is 0.102. The summed E-state index contributed by atoms with van der Waals surface area (Å²) < 4.78 is 28.9. The van der Waals surface area contributed by atoms with Gasteiger partial charge in [-0.1, -0.05) is 55.0 Å². The fraction of sp³-hybridized carbons (Fsp3) is 0.280. The maximum atomic E-state index is 13.2. The minimum absolute atomic E-state index is 0.0434. The minimum Gasteiger partial charge on any atom is -0.298 e. The summed E-state index contributed by atoms with van der Waals surface area (Å²) in [5, 5.41) is 5.52. The van der Waals surface area contributed by atoms with Crippen LogP contribution in [0.25, 0.3) is 21.0 Å². The van der Waals surface area contributed by atoms with Gasteiger partial charge in [0.25, 0.3) is 5.91 Å². The molecule has 5 rings (SSSR count). The second-order valence-corrected chi connectivity index (χ2v) is 11.2. The van der Waals surface area contributed by atoms with Crippen LogP contribution in [0.5, 0.6) is 0 Å². The number of hydrogen-bond acceptors (Lipinski definition) is 5. The number of thiazole rings is 1. The molecule has 1 aromatic heterocycles. The molecule has 1 aliphatic heterocycles. The van der Waals surface area contributed by atoms with Crippen molar-refractivity contribution in [1.82, 2.24) is 9.29 Å². The number of nitrogens with zero attached hydrogens (tertiary/aromatic N) is 2. The molecule has 3 aromatic carbocycles. The molecule has 0 saturated carbocycles. The molecule has 1 atom stereocenters. The van der Waals surface area contributed by atoms with Crippen LogP contribution in [-0.4, -0.2) is 36.2 Å². The Morgan fingerprint density at radius 1 is 1.09 bits per heavy atom. The number of rotatable bonds is 5. The number of nitrogens with one attached hydrogen (secondary N) is 1. The molecule has 1 unspecified atom stereocenters. The van der Waals surface area contributed by atoms with Crippen molar-refractivity contribution in [1.29, 1.82) is 0 Å². The highest BCUT2D eigenvalue weighted by atomic mass is 32.2. The Bertz CT molecular complexity index is 1430. The number of piperidine rings is 1. The van der Waals surface area contributed by atoms with Crippen LogP contribution in [0.2, 0.25) is 0 Å². The van der Waals surface area contributed by atoms with Gasteiger partial charge in [-0.15, -0.1) is 0 Å². The third kappa shape index (κ3) is 4.14. The molecule has 0 bridgehead atoms. The van der Waals surface area contributed by atoms with E-state index in [1.54, 1.807) is 16.4 Å². The van der Waals surface area contributed by atoms with Gasteiger partial charge in [-0.05, 0) is 55.0 Å². The summed E-state index contributed by atoms with van der Waals surface area (Å²) in [5.41, 5.74) is 1.26. The van der Waals surface area contributed by atoms with E-state index in [1.165, 1.54) is 23.5 Å². The maximum Gasteiger partial charge on any atom is 0.257 e. The van der Waals surface area contributed by atoms with Crippen molar-refractivity contribution in [2.45, 2.75) is 43.5 Å². The molecule has 0 aliphatic carbocycles. The van der Waals surface area contributed by atoms with Crippen LogP contribution in [-0.2, 0) is 10.0 Å². The summed E-state index contributed by atoms with van der Waals surface area (Å²) in [4.78, 5) is 17.7. The fourth-order valence-corrected chi connectivity index (χ4v) is 7.14. The van der Waals surface area contributed by atoms with Crippen LogP contribution < -0.4 is 5.32 Å². The molecule has 0 radical (unpaired) electrons. The molecule has 6 nitrogen and oxygen atoms in total. The molecule has 0 spiro atoms. The smallest absolute Gasteiger partial charge is 0.257 e. The number of amides is 1.